The van der Waals surface area contributed by atoms with Crippen molar-refractivity contribution in [2.24, 2.45) is 4.99 Å². The standard InChI is InChI=1S/C23H25N5O3S2/c1-32-23-25-16-20(28(23)18-10-4-2-5-11-18)22(29)26-17-9-8-12-19(15-17)33(30,31)27-21-13-6-3-7-14-24-21/h2,4-5,8-12,15-16H,3,6-7,13-14H2,1H3,(H,24,27)(H,26,29). The Bertz CT molecular complexity index is 1270. The van der Waals surface area contributed by atoms with Gasteiger partial charge in [0.25, 0.3) is 15.9 Å². The van der Waals surface area contributed by atoms with Crippen LogP contribution < -0.4 is 10.0 Å². The van der Waals surface area contributed by atoms with Gasteiger partial charge in [0.2, 0.25) is 0 Å². The lowest BCUT2D eigenvalue weighted by atomic mass is 10.2. The van der Waals surface area contributed by atoms with Crippen LogP contribution in [-0.2, 0) is 10.0 Å². The van der Waals surface area contributed by atoms with Gasteiger partial charge in [-0.05, 0) is 49.4 Å². The Hall–Kier alpha value is -3.11. The molecular weight excluding hydrogens is 458 g/mol. The zero-order chi connectivity index (χ0) is 23.3. The van der Waals surface area contributed by atoms with Crippen LogP contribution in [-0.4, -0.2) is 42.5 Å². The molecule has 172 valence electrons. The molecule has 2 aromatic carbocycles. The first-order valence-corrected chi connectivity index (χ1v) is 13.3. The average Bonchev–Trinajstić information content (AvgIpc) is 3.10. The zero-order valence-corrected chi connectivity index (χ0v) is 19.8. The molecule has 0 bridgehead atoms. The zero-order valence-electron chi connectivity index (χ0n) is 18.2. The maximum Gasteiger partial charge on any atom is 0.274 e. The predicted octanol–water partition coefficient (Wildman–Crippen LogP) is 4.10. The number of nitrogens with one attached hydrogen (secondary N) is 2. The van der Waals surface area contributed by atoms with Gasteiger partial charge in [-0.25, -0.2) is 13.4 Å². The SMILES string of the molecule is CSc1ncc(C(=O)Nc2cccc(S(=O)(=O)NC3=NCCCCC3)c2)n1-c1ccccc1. The largest absolute Gasteiger partial charge is 0.321 e. The minimum absolute atomic E-state index is 0.0635. The summed E-state index contributed by atoms with van der Waals surface area (Å²) in [6, 6.07) is 15.7. The fourth-order valence-corrected chi connectivity index (χ4v) is 5.25. The fraction of sp³-hybridized carbons (Fsp3) is 0.261. The maximum absolute atomic E-state index is 13.1. The number of hydrogen-bond donors (Lipinski definition) is 2. The molecule has 8 nitrogen and oxygen atoms in total. The molecule has 0 unspecified atom stereocenters. The number of nitrogens with zero attached hydrogens (tertiary/aromatic N) is 3. The van der Waals surface area contributed by atoms with Crippen molar-refractivity contribution < 1.29 is 13.2 Å². The normalized spacial score (nSPS) is 14.3. The van der Waals surface area contributed by atoms with E-state index in [1.54, 1.807) is 16.7 Å². The summed E-state index contributed by atoms with van der Waals surface area (Å²) in [6.07, 6.45) is 6.92. The molecule has 0 atom stereocenters. The molecular formula is C23H25N5O3S2. The van der Waals surface area contributed by atoms with Crippen LogP contribution in [0.5, 0.6) is 0 Å². The van der Waals surface area contributed by atoms with Gasteiger partial charge in [0.1, 0.15) is 11.5 Å². The average molecular weight is 484 g/mol. The van der Waals surface area contributed by atoms with E-state index in [4.69, 9.17) is 0 Å². The summed E-state index contributed by atoms with van der Waals surface area (Å²) in [7, 11) is -3.80. The molecule has 2 heterocycles. The van der Waals surface area contributed by atoms with E-state index in [9.17, 15) is 13.2 Å². The summed E-state index contributed by atoms with van der Waals surface area (Å²) in [5.74, 6) is 0.0978. The Labute approximate surface area is 197 Å². The second-order valence-corrected chi connectivity index (χ2v) is 9.98. The molecule has 0 fully saturated rings. The van der Waals surface area contributed by atoms with E-state index in [1.807, 2.05) is 36.6 Å². The van der Waals surface area contributed by atoms with Crippen LogP contribution in [0.3, 0.4) is 0 Å². The number of amidine groups is 1. The molecule has 10 heteroatoms. The molecule has 1 aliphatic heterocycles. The number of carbonyl (C=O) groups excluding carboxylic acids is 1. The van der Waals surface area contributed by atoms with Crippen molar-refractivity contribution >= 4 is 39.2 Å². The van der Waals surface area contributed by atoms with Gasteiger partial charge in [0.15, 0.2) is 5.16 Å². The number of sulfonamides is 1. The Morgan fingerprint density at radius 3 is 2.67 bits per heavy atom. The molecule has 0 radical (unpaired) electrons. The third kappa shape index (κ3) is 5.45. The topological polar surface area (TPSA) is 105 Å². The van der Waals surface area contributed by atoms with Gasteiger partial charge in [-0.2, -0.15) is 0 Å². The van der Waals surface area contributed by atoms with Crippen LogP contribution in [0.1, 0.15) is 36.2 Å². The van der Waals surface area contributed by atoms with E-state index >= 15 is 0 Å². The van der Waals surface area contributed by atoms with Crippen LogP contribution >= 0.6 is 11.8 Å². The van der Waals surface area contributed by atoms with Gasteiger partial charge in [0.05, 0.1) is 11.1 Å². The van der Waals surface area contributed by atoms with E-state index in [0.29, 0.717) is 35.3 Å². The van der Waals surface area contributed by atoms with Gasteiger partial charge in [-0.1, -0.05) is 42.4 Å². The van der Waals surface area contributed by atoms with E-state index in [2.05, 4.69) is 20.0 Å². The number of benzene rings is 2. The Morgan fingerprint density at radius 2 is 1.88 bits per heavy atom. The number of aromatic nitrogens is 2. The first kappa shape index (κ1) is 23.1. The van der Waals surface area contributed by atoms with Gasteiger partial charge in [-0.15, -0.1) is 0 Å². The van der Waals surface area contributed by atoms with Crippen LogP contribution in [0.15, 0.2) is 75.8 Å². The summed E-state index contributed by atoms with van der Waals surface area (Å²) < 4.78 is 30.1. The quantitative estimate of drug-likeness (QED) is 0.514. The third-order valence-corrected chi connectivity index (χ3v) is 7.22. The van der Waals surface area contributed by atoms with Crippen molar-refractivity contribution in [1.82, 2.24) is 14.3 Å². The maximum atomic E-state index is 13.1. The summed E-state index contributed by atoms with van der Waals surface area (Å²) in [6.45, 7) is 0.626. The number of aliphatic imine (C=N–C) groups is 1. The van der Waals surface area contributed by atoms with Crippen LogP contribution in [0.2, 0.25) is 0 Å². The molecule has 2 N–H and O–H groups in total. The van der Waals surface area contributed by atoms with Crippen molar-refractivity contribution in [1.29, 1.82) is 0 Å². The molecule has 0 saturated heterocycles. The highest BCUT2D eigenvalue weighted by Gasteiger charge is 2.20. The number of anilines is 1. The molecule has 0 spiro atoms. The summed E-state index contributed by atoms with van der Waals surface area (Å²) in [4.78, 5) is 21.8. The van der Waals surface area contributed by atoms with E-state index in [0.717, 1.165) is 24.9 Å². The smallest absolute Gasteiger partial charge is 0.274 e. The molecule has 3 aromatic rings. The van der Waals surface area contributed by atoms with Crippen molar-refractivity contribution in [3.63, 3.8) is 0 Å². The minimum atomic E-state index is -3.80. The van der Waals surface area contributed by atoms with Crippen molar-refractivity contribution in [3.8, 4) is 5.69 Å². The first-order chi connectivity index (χ1) is 16.0. The van der Waals surface area contributed by atoms with Crippen molar-refractivity contribution in [2.45, 2.75) is 35.7 Å². The highest BCUT2D eigenvalue weighted by molar-refractivity contribution is 7.98. The van der Waals surface area contributed by atoms with Gasteiger partial charge in [0, 0.05) is 24.3 Å². The third-order valence-electron chi connectivity index (χ3n) is 5.19. The molecule has 4 rings (SSSR count). The second-order valence-electron chi connectivity index (χ2n) is 7.53. The van der Waals surface area contributed by atoms with Crippen LogP contribution in [0.25, 0.3) is 5.69 Å². The van der Waals surface area contributed by atoms with E-state index in [-0.39, 0.29) is 10.8 Å². The molecule has 0 aliphatic carbocycles. The Balaban J connectivity index is 1.56. The van der Waals surface area contributed by atoms with Crippen molar-refractivity contribution in [3.05, 3.63) is 66.5 Å². The second kappa shape index (κ2) is 10.2. The van der Waals surface area contributed by atoms with Crippen LogP contribution in [0, 0.1) is 0 Å². The molecule has 1 aliphatic rings. The number of thioether (sulfide) groups is 1. The summed E-state index contributed by atoms with van der Waals surface area (Å²) in [5.41, 5.74) is 1.54. The number of imidazole rings is 1. The lowest BCUT2D eigenvalue weighted by molar-refractivity contribution is 0.102. The number of rotatable bonds is 6. The number of carbonyl (C=O) groups is 1. The fourth-order valence-electron chi connectivity index (χ4n) is 3.57. The number of para-hydroxylation sites is 1. The van der Waals surface area contributed by atoms with Gasteiger partial charge < -0.3 is 5.32 Å². The Kier molecular flexibility index (Phi) is 7.14. The number of amides is 1. The summed E-state index contributed by atoms with van der Waals surface area (Å²) >= 11 is 1.43. The Morgan fingerprint density at radius 1 is 1.06 bits per heavy atom. The monoisotopic (exact) mass is 483 g/mol. The highest BCUT2D eigenvalue weighted by Crippen LogP contribution is 2.23. The molecule has 0 saturated carbocycles. The summed E-state index contributed by atoms with van der Waals surface area (Å²) in [5, 5.41) is 3.48. The van der Waals surface area contributed by atoms with E-state index < -0.39 is 10.0 Å². The molecule has 1 aromatic heterocycles. The lowest BCUT2D eigenvalue weighted by Gasteiger charge is -2.13. The lowest BCUT2D eigenvalue weighted by Crippen LogP contribution is -2.30. The molecule has 33 heavy (non-hydrogen) atoms. The highest BCUT2D eigenvalue weighted by atomic mass is 32.2. The van der Waals surface area contributed by atoms with Crippen molar-refractivity contribution in [2.75, 3.05) is 18.1 Å². The predicted molar refractivity (Wildman–Crippen MR) is 131 cm³/mol. The first-order valence-electron chi connectivity index (χ1n) is 10.6. The number of hydrogen-bond acceptors (Lipinski definition) is 6. The van der Waals surface area contributed by atoms with E-state index in [1.165, 1.54) is 30.1 Å². The van der Waals surface area contributed by atoms with Gasteiger partial charge >= 0.3 is 0 Å². The van der Waals surface area contributed by atoms with Crippen LogP contribution in [0.4, 0.5) is 5.69 Å². The molecule has 1 amide bonds. The minimum Gasteiger partial charge on any atom is -0.321 e. The van der Waals surface area contributed by atoms with Gasteiger partial charge in [-0.3, -0.25) is 19.1 Å².